The Morgan fingerprint density at radius 2 is 1.94 bits per heavy atom. The minimum absolute atomic E-state index is 0.411. The SMILES string of the molecule is CC(C)COCC(O)CNCCOC1CCCC1. The molecule has 1 aliphatic carbocycles. The molecule has 18 heavy (non-hydrogen) atoms. The largest absolute Gasteiger partial charge is 0.389 e. The van der Waals surface area contributed by atoms with Crippen molar-refractivity contribution in [2.24, 2.45) is 5.92 Å². The fourth-order valence-electron chi connectivity index (χ4n) is 2.12. The third-order valence-electron chi connectivity index (χ3n) is 3.08. The highest BCUT2D eigenvalue weighted by Gasteiger charge is 2.14. The monoisotopic (exact) mass is 259 g/mol. The van der Waals surface area contributed by atoms with E-state index in [9.17, 15) is 5.11 Å². The van der Waals surface area contributed by atoms with E-state index >= 15 is 0 Å². The molecule has 4 nitrogen and oxygen atoms in total. The van der Waals surface area contributed by atoms with Crippen LogP contribution in [0.25, 0.3) is 0 Å². The van der Waals surface area contributed by atoms with Gasteiger partial charge in [0.25, 0.3) is 0 Å². The highest BCUT2D eigenvalue weighted by molar-refractivity contribution is 4.67. The highest BCUT2D eigenvalue weighted by atomic mass is 16.5. The first kappa shape index (κ1) is 15.9. The average Bonchev–Trinajstić information content (AvgIpc) is 2.81. The summed E-state index contributed by atoms with van der Waals surface area (Å²) in [6, 6.07) is 0. The van der Waals surface area contributed by atoms with E-state index in [1.54, 1.807) is 0 Å². The van der Waals surface area contributed by atoms with Crippen LogP contribution < -0.4 is 5.32 Å². The quantitative estimate of drug-likeness (QED) is 0.585. The van der Waals surface area contributed by atoms with Crippen LogP contribution in [0.15, 0.2) is 0 Å². The minimum atomic E-state index is -0.421. The van der Waals surface area contributed by atoms with Gasteiger partial charge in [0.2, 0.25) is 0 Å². The summed E-state index contributed by atoms with van der Waals surface area (Å²) in [7, 11) is 0. The van der Waals surface area contributed by atoms with Gasteiger partial charge in [-0.2, -0.15) is 0 Å². The lowest BCUT2D eigenvalue weighted by Crippen LogP contribution is -2.33. The predicted molar refractivity (Wildman–Crippen MR) is 72.7 cm³/mol. The molecule has 108 valence electrons. The lowest BCUT2D eigenvalue weighted by atomic mass is 10.2. The summed E-state index contributed by atoms with van der Waals surface area (Å²) in [5.41, 5.74) is 0. The summed E-state index contributed by atoms with van der Waals surface area (Å²) in [5, 5.41) is 12.8. The van der Waals surface area contributed by atoms with E-state index in [-0.39, 0.29) is 0 Å². The molecule has 1 fully saturated rings. The van der Waals surface area contributed by atoms with Crippen LogP contribution >= 0.6 is 0 Å². The predicted octanol–water partition coefficient (Wildman–Crippen LogP) is 1.57. The molecule has 1 rings (SSSR count). The molecular formula is C14H29NO3. The molecule has 0 bridgehead atoms. The number of rotatable bonds is 10. The first-order valence-corrected chi connectivity index (χ1v) is 7.26. The normalized spacial score (nSPS) is 18.7. The van der Waals surface area contributed by atoms with Crippen LogP contribution in [0.5, 0.6) is 0 Å². The van der Waals surface area contributed by atoms with Gasteiger partial charge in [0.05, 0.1) is 25.4 Å². The molecule has 0 aromatic carbocycles. The second-order valence-electron chi connectivity index (χ2n) is 5.57. The van der Waals surface area contributed by atoms with Gasteiger partial charge in [-0.15, -0.1) is 0 Å². The number of aliphatic hydroxyl groups excluding tert-OH is 1. The summed E-state index contributed by atoms with van der Waals surface area (Å²) in [4.78, 5) is 0. The van der Waals surface area contributed by atoms with Crippen molar-refractivity contribution in [2.45, 2.75) is 51.7 Å². The Morgan fingerprint density at radius 3 is 2.61 bits per heavy atom. The van der Waals surface area contributed by atoms with E-state index in [2.05, 4.69) is 19.2 Å². The molecule has 0 aromatic rings. The Kier molecular flexibility index (Phi) is 8.59. The maximum atomic E-state index is 9.64. The van der Waals surface area contributed by atoms with Crippen LogP contribution in [0, 0.1) is 5.92 Å². The molecule has 2 N–H and O–H groups in total. The Balaban J connectivity index is 1.84. The molecule has 0 aliphatic heterocycles. The number of aliphatic hydroxyl groups is 1. The van der Waals surface area contributed by atoms with Crippen molar-refractivity contribution in [2.75, 3.05) is 32.9 Å². The Labute approximate surface area is 111 Å². The molecule has 0 saturated heterocycles. The fraction of sp³-hybridized carbons (Fsp3) is 1.00. The van der Waals surface area contributed by atoms with Crippen molar-refractivity contribution < 1.29 is 14.6 Å². The topological polar surface area (TPSA) is 50.7 Å². The fourth-order valence-corrected chi connectivity index (χ4v) is 2.12. The zero-order valence-electron chi connectivity index (χ0n) is 11.9. The van der Waals surface area contributed by atoms with Gasteiger partial charge in [0.1, 0.15) is 0 Å². The second kappa shape index (κ2) is 9.73. The van der Waals surface area contributed by atoms with E-state index in [1.807, 2.05) is 0 Å². The van der Waals surface area contributed by atoms with Gasteiger partial charge in [-0.05, 0) is 18.8 Å². The lowest BCUT2D eigenvalue weighted by Gasteiger charge is -2.14. The molecule has 1 unspecified atom stereocenters. The van der Waals surface area contributed by atoms with Crippen molar-refractivity contribution in [3.05, 3.63) is 0 Å². The second-order valence-corrected chi connectivity index (χ2v) is 5.57. The summed E-state index contributed by atoms with van der Waals surface area (Å²) in [6.45, 7) is 7.45. The maximum Gasteiger partial charge on any atom is 0.0897 e. The van der Waals surface area contributed by atoms with Gasteiger partial charge in [-0.3, -0.25) is 0 Å². The first-order valence-electron chi connectivity index (χ1n) is 7.26. The minimum Gasteiger partial charge on any atom is -0.389 e. The average molecular weight is 259 g/mol. The molecule has 1 saturated carbocycles. The van der Waals surface area contributed by atoms with E-state index in [0.29, 0.717) is 31.8 Å². The standard InChI is InChI=1S/C14H29NO3/c1-12(2)10-17-11-13(16)9-15-7-8-18-14-5-3-4-6-14/h12-16H,3-11H2,1-2H3. The number of nitrogens with one attached hydrogen (secondary N) is 1. The van der Waals surface area contributed by atoms with Crippen LogP contribution in [0.3, 0.4) is 0 Å². The van der Waals surface area contributed by atoms with Gasteiger partial charge in [0, 0.05) is 19.7 Å². The van der Waals surface area contributed by atoms with Crippen LogP contribution in [0.4, 0.5) is 0 Å². The molecule has 1 aliphatic rings. The third kappa shape index (κ3) is 8.03. The first-order chi connectivity index (χ1) is 8.68. The summed E-state index contributed by atoms with van der Waals surface area (Å²) in [5.74, 6) is 0.518. The smallest absolute Gasteiger partial charge is 0.0897 e. The van der Waals surface area contributed by atoms with E-state index in [0.717, 1.165) is 13.2 Å². The summed E-state index contributed by atoms with van der Waals surface area (Å²) >= 11 is 0. The van der Waals surface area contributed by atoms with Gasteiger partial charge in [0.15, 0.2) is 0 Å². The number of hydrogen-bond acceptors (Lipinski definition) is 4. The molecule has 4 heteroatoms. The Bertz CT molecular complexity index is 193. The van der Waals surface area contributed by atoms with Gasteiger partial charge in [-0.1, -0.05) is 26.7 Å². The third-order valence-corrected chi connectivity index (χ3v) is 3.08. The van der Waals surface area contributed by atoms with Gasteiger partial charge < -0.3 is 19.9 Å². The van der Waals surface area contributed by atoms with Crippen molar-refractivity contribution >= 4 is 0 Å². The summed E-state index contributed by atoms with van der Waals surface area (Å²) in [6.07, 6.45) is 5.10. The van der Waals surface area contributed by atoms with Crippen molar-refractivity contribution in [3.8, 4) is 0 Å². The highest BCUT2D eigenvalue weighted by Crippen LogP contribution is 2.20. The van der Waals surface area contributed by atoms with Crippen LogP contribution in [-0.2, 0) is 9.47 Å². The van der Waals surface area contributed by atoms with E-state index < -0.39 is 6.10 Å². The van der Waals surface area contributed by atoms with Crippen molar-refractivity contribution in [3.63, 3.8) is 0 Å². The Morgan fingerprint density at radius 1 is 1.22 bits per heavy atom. The Hall–Kier alpha value is -0.160. The number of ether oxygens (including phenoxy) is 2. The maximum absolute atomic E-state index is 9.64. The number of hydrogen-bond donors (Lipinski definition) is 2. The lowest BCUT2D eigenvalue weighted by molar-refractivity contribution is 0.0230. The van der Waals surface area contributed by atoms with Crippen LogP contribution in [-0.4, -0.2) is 50.2 Å². The molecule has 0 radical (unpaired) electrons. The zero-order chi connectivity index (χ0) is 13.2. The molecule has 1 atom stereocenters. The molecule has 0 amide bonds. The van der Waals surface area contributed by atoms with Gasteiger partial charge in [-0.25, -0.2) is 0 Å². The zero-order valence-corrected chi connectivity index (χ0v) is 11.9. The van der Waals surface area contributed by atoms with Gasteiger partial charge >= 0.3 is 0 Å². The van der Waals surface area contributed by atoms with Crippen LogP contribution in [0.2, 0.25) is 0 Å². The summed E-state index contributed by atoms with van der Waals surface area (Å²) < 4.78 is 11.1. The van der Waals surface area contributed by atoms with Crippen molar-refractivity contribution in [1.82, 2.24) is 5.32 Å². The molecule has 0 aromatic heterocycles. The molecule has 0 heterocycles. The molecular weight excluding hydrogens is 230 g/mol. The van der Waals surface area contributed by atoms with Crippen LogP contribution in [0.1, 0.15) is 39.5 Å². The van der Waals surface area contributed by atoms with E-state index in [4.69, 9.17) is 9.47 Å². The van der Waals surface area contributed by atoms with E-state index in [1.165, 1.54) is 25.7 Å². The van der Waals surface area contributed by atoms with Crippen molar-refractivity contribution in [1.29, 1.82) is 0 Å². The molecule has 0 spiro atoms.